The maximum atomic E-state index is 12.6. The highest BCUT2D eigenvalue weighted by Crippen LogP contribution is 2.22. The molecule has 27 heavy (non-hydrogen) atoms. The number of amides is 1. The molecule has 0 bridgehead atoms. The Balaban J connectivity index is 1.27. The molecular formula is C23H27N3O. The van der Waals surface area contributed by atoms with Crippen molar-refractivity contribution in [3.05, 3.63) is 65.9 Å². The summed E-state index contributed by atoms with van der Waals surface area (Å²) in [5.41, 5.74) is 5.08. The number of benzene rings is 2. The number of anilines is 1. The molecule has 2 aromatic carbocycles. The van der Waals surface area contributed by atoms with Gasteiger partial charge in [0.2, 0.25) is 5.91 Å². The molecule has 1 amide bonds. The Morgan fingerprint density at radius 2 is 1.74 bits per heavy atom. The van der Waals surface area contributed by atoms with Gasteiger partial charge in [0.25, 0.3) is 0 Å². The summed E-state index contributed by atoms with van der Waals surface area (Å²) in [6.45, 7) is 5.62. The molecule has 1 aliphatic heterocycles. The third-order valence-electron chi connectivity index (χ3n) is 5.60. The van der Waals surface area contributed by atoms with Gasteiger partial charge in [-0.15, -0.1) is 0 Å². The lowest BCUT2D eigenvalue weighted by Gasteiger charge is -2.37. The van der Waals surface area contributed by atoms with Crippen LogP contribution >= 0.6 is 0 Å². The SMILES string of the molecule is Cc1ccccc1N1CCN(C(=O)CCCc2c[nH]c3ccccc23)CC1. The van der Waals surface area contributed by atoms with Crippen LogP contribution in [0.5, 0.6) is 0 Å². The van der Waals surface area contributed by atoms with Crippen molar-refractivity contribution in [3.63, 3.8) is 0 Å². The van der Waals surface area contributed by atoms with Gasteiger partial charge in [-0.25, -0.2) is 0 Å². The Bertz CT molecular complexity index is 922. The first-order valence-corrected chi connectivity index (χ1v) is 9.86. The van der Waals surface area contributed by atoms with E-state index in [0.29, 0.717) is 12.3 Å². The average molecular weight is 361 g/mol. The van der Waals surface area contributed by atoms with Crippen molar-refractivity contribution in [1.29, 1.82) is 0 Å². The summed E-state index contributed by atoms with van der Waals surface area (Å²) in [5, 5.41) is 1.27. The molecule has 2 heterocycles. The number of fused-ring (bicyclic) bond motifs is 1. The van der Waals surface area contributed by atoms with Crippen LogP contribution in [-0.4, -0.2) is 42.0 Å². The molecule has 1 N–H and O–H groups in total. The molecule has 1 fully saturated rings. The second-order valence-electron chi connectivity index (χ2n) is 7.37. The second kappa shape index (κ2) is 7.87. The number of aryl methyl sites for hydroxylation is 2. The topological polar surface area (TPSA) is 39.3 Å². The number of hydrogen-bond donors (Lipinski definition) is 1. The molecule has 4 heteroatoms. The number of rotatable bonds is 5. The smallest absolute Gasteiger partial charge is 0.222 e. The van der Waals surface area contributed by atoms with E-state index in [1.165, 1.54) is 27.7 Å². The monoisotopic (exact) mass is 361 g/mol. The first-order chi connectivity index (χ1) is 13.2. The minimum absolute atomic E-state index is 0.291. The molecule has 4 rings (SSSR count). The number of aromatic amines is 1. The van der Waals surface area contributed by atoms with E-state index in [-0.39, 0.29) is 0 Å². The van der Waals surface area contributed by atoms with Crippen LogP contribution in [0.2, 0.25) is 0 Å². The van der Waals surface area contributed by atoms with Crippen LogP contribution in [0.15, 0.2) is 54.7 Å². The van der Waals surface area contributed by atoms with Crippen molar-refractivity contribution in [2.75, 3.05) is 31.1 Å². The van der Waals surface area contributed by atoms with Crippen LogP contribution in [-0.2, 0) is 11.2 Å². The summed E-state index contributed by atoms with van der Waals surface area (Å²) in [7, 11) is 0. The molecular weight excluding hydrogens is 334 g/mol. The van der Waals surface area contributed by atoms with Crippen molar-refractivity contribution < 1.29 is 4.79 Å². The molecule has 0 saturated carbocycles. The summed E-state index contributed by atoms with van der Waals surface area (Å²) >= 11 is 0. The highest BCUT2D eigenvalue weighted by atomic mass is 16.2. The van der Waals surface area contributed by atoms with Gasteiger partial charge in [-0.3, -0.25) is 4.79 Å². The van der Waals surface area contributed by atoms with E-state index in [1.54, 1.807) is 0 Å². The van der Waals surface area contributed by atoms with Crippen molar-refractivity contribution in [2.45, 2.75) is 26.2 Å². The van der Waals surface area contributed by atoms with Gasteiger partial charge in [0.05, 0.1) is 0 Å². The number of para-hydroxylation sites is 2. The van der Waals surface area contributed by atoms with E-state index in [4.69, 9.17) is 0 Å². The molecule has 1 saturated heterocycles. The minimum atomic E-state index is 0.291. The van der Waals surface area contributed by atoms with Gasteiger partial charge in [0.1, 0.15) is 0 Å². The first kappa shape index (κ1) is 17.7. The van der Waals surface area contributed by atoms with Crippen LogP contribution in [0, 0.1) is 6.92 Å². The van der Waals surface area contributed by atoms with Gasteiger partial charge in [0.15, 0.2) is 0 Å². The summed E-state index contributed by atoms with van der Waals surface area (Å²) in [6.07, 6.45) is 4.55. The van der Waals surface area contributed by atoms with E-state index in [9.17, 15) is 4.79 Å². The molecule has 0 unspecified atom stereocenters. The van der Waals surface area contributed by atoms with Crippen molar-refractivity contribution in [2.24, 2.45) is 0 Å². The molecule has 0 aliphatic carbocycles. The summed E-state index contributed by atoms with van der Waals surface area (Å²) < 4.78 is 0. The second-order valence-corrected chi connectivity index (χ2v) is 7.37. The number of carbonyl (C=O) groups is 1. The van der Waals surface area contributed by atoms with Crippen LogP contribution in [0.3, 0.4) is 0 Å². The van der Waals surface area contributed by atoms with E-state index in [0.717, 1.165) is 39.0 Å². The lowest BCUT2D eigenvalue weighted by atomic mass is 10.1. The first-order valence-electron chi connectivity index (χ1n) is 9.86. The fourth-order valence-corrected chi connectivity index (χ4v) is 4.04. The van der Waals surface area contributed by atoms with Gasteiger partial charge in [0, 0.05) is 55.4 Å². The summed E-state index contributed by atoms with van der Waals surface area (Å²) in [5.74, 6) is 0.291. The fourth-order valence-electron chi connectivity index (χ4n) is 4.04. The Hall–Kier alpha value is -2.75. The number of carbonyl (C=O) groups excluding carboxylic acids is 1. The average Bonchev–Trinajstić information content (AvgIpc) is 3.12. The molecule has 0 spiro atoms. The fraction of sp³-hybridized carbons (Fsp3) is 0.348. The van der Waals surface area contributed by atoms with Crippen LogP contribution < -0.4 is 4.90 Å². The summed E-state index contributed by atoms with van der Waals surface area (Å²) in [4.78, 5) is 20.3. The maximum absolute atomic E-state index is 12.6. The lowest BCUT2D eigenvalue weighted by molar-refractivity contribution is -0.131. The van der Waals surface area contributed by atoms with Gasteiger partial charge in [-0.05, 0) is 43.0 Å². The Morgan fingerprint density at radius 3 is 2.56 bits per heavy atom. The highest BCUT2D eigenvalue weighted by molar-refractivity contribution is 5.83. The Morgan fingerprint density at radius 1 is 1.00 bits per heavy atom. The molecule has 3 aromatic rings. The van der Waals surface area contributed by atoms with Gasteiger partial charge >= 0.3 is 0 Å². The van der Waals surface area contributed by atoms with Crippen LogP contribution in [0.4, 0.5) is 5.69 Å². The van der Waals surface area contributed by atoms with Crippen molar-refractivity contribution >= 4 is 22.5 Å². The van der Waals surface area contributed by atoms with Crippen LogP contribution in [0.25, 0.3) is 10.9 Å². The van der Waals surface area contributed by atoms with Crippen LogP contribution in [0.1, 0.15) is 24.0 Å². The Kier molecular flexibility index (Phi) is 5.14. The molecule has 140 valence electrons. The number of aromatic nitrogens is 1. The minimum Gasteiger partial charge on any atom is -0.368 e. The standard InChI is InChI=1S/C23H27N3O/c1-18-7-2-5-11-22(18)25-13-15-26(16-14-25)23(27)12-6-8-19-17-24-21-10-4-3-9-20(19)21/h2-5,7,9-11,17,24H,6,8,12-16H2,1H3. The molecule has 0 atom stereocenters. The zero-order chi connectivity index (χ0) is 18.6. The van der Waals surface area contributed by atoms with Crippen molar-refractivity contribution in [3.8, 4) is 0 Å². The lowest BCUT2D eigenvalue weighted by Crippen LogP contribution is -2.49. The molecule has 1 aliphatic rings. The number of nitrogens with zero attached hydrogens (tertiary/aromatic N) is 2. The number of H-pyrrole nitrogens is 1. The summed E-state index contributed by atoms with van der Waals surface area (Å²) in [6, 6.07) is 16.8. The molecule has 0 radical (unpaired) electrons. The molecule has 4 nitrogen and oxygen atoms in total. The maximum Gasteiger partial charge on any atom is 0.222 e. The predicted octanol–water partition coefficient (Wildman–Crippen LogP) is 4.15. The zero-order valence-electron chi connectivity index (χ0n) is 15.9. The van der Waals surface area contributed by atoms with E-state index in [2.05, 4.69) is 65.5 Å². The Labute approximate surface area is 160 Å². The normalized spacial score (nSPS) is 14.7. The quantitative estimate of drug-likeness (QED) is 0.742. The largest absolute Gasteiger partial charge is 0.368 e. The van der Waals surface area contributed by atoms with Crippen molar-refractivity contribution in [1.82, 2.24) is 9.88 Å². The molecule has 1 aromatic heterocycles. The number of piperazine rings is 1. The van der Waals surface area contributed by atoms with Gasteiger partial charge in [-0.1, -0.05) is 36.4 Å². The van der Waals surface area contributed by atoms with E-state index >= 15 is 0 Å². The third-order valence-corrected chi connectivity index (χ3v) is 5.60. The highest BCUT2D eigenvalue weighted by Gasteiger charge is 2.21. The number of nitrogens with one attached hydrogen (secondary N) is 1. The zero-order valence-corrected chi connectivity index (χ0v) is 15.9. The third kappa shape index (κ3) is 3.85. The predicted molar refractivity (Wildman–Crippen MR) is 111 cm³/mol. The van der Waals surface area contributed by atoms with Gasteiger partial charge in [-0.2, -0.15) is 0 Å². The van der Waals surface area contributed by atoms with E-state index < -0.39 is 0 Å². The van der Waals surface area contributed by atoms with Gasteiger partial charge < -0.3 is 14.8 Å². The number of hydrogen-bond acceptors (Lipinski definition) is 2. The van der Waals surface area contributed by atoms with E-state index in [1.807, 2.05) is 11.0 Å².